The van der Waals surface area contributed by atoms with E-state index in [9.17, 15) is 5.11 Å². The maximum atomic E-state index is 9.32. The Morgan fingerprint density at radius 1 is 0.737 bits per heavy atom. The van der Waals surface area contributed by atoms with Crippen LogP contribution in [0.15, 0.2) is 84.2 Å². The van der Waals surface area contributed by atoms with Gasteiger partial charge in [0.1, 0.15) is 12.4 Å². The quantitative estimate of drug-likeness (QED) is 0.187. The highest BCUT2D eigenvalue weighted by atomic mass is 32.1. The van der Waals surface area contributed by atoms with Crippen LogP contribution in [0.3, 0.4) is 0 Å². The Morgan fingerprint density at radius 2 is 1.39 bits per heavy atom. The summed E-state index contributed by atoms with van der Waals surface area (Å²) in [6.07, 6.45) is 0.640. The number of thiophene rings is 3. The van der Waals surface area contributed by atoms with Crippen molar-refractivity contribution >= 4 is 69.9 Å². The van der Waals surface area contributed by atoms with Crippen LogP contribution in [-0.4, -0.2) is 30.0 Å². The summed E-state index contributed by atoms with van der Waals surface area (Å²) in [5, 5.41) is 20.7. The van der Waals surface area contributed by atoms with Gasteiger partial charge in [0.25, 0.3) is 0 Å². The van der Waals surface area contributed by atoms with Crippen LogP contribution >= 0.6 is 34.0 Å². The third kappa shape index (κ3) is 4.84. The fraction of sp³-hybridized carbons (Fsp3) is 0.161. The van der Waals surface area contributed by atoms with Gasteiger partial charge in [-0.1, -0.05) is 24.3 Å². The Labute approximate surface area is 233 Å². The molecule has 0 atom stereocenters. The lowest BCUT2D eigenvalue weighted by Crippen LogP contribution is -2.10. The average Bonchev–Trinajstić information content (AvgIpc) is 3.61. The monoisotopic (exact) mass is 557 g/mol. The maximum Gasteiger partial charge on any atom is 0.119 e. The van der Waals surface area contributed by atoms with Crippen LogP contribution < -0.4 is 9.64 Å². The van der Waals surface area contributed by atoms with Crippen LogP contribution in [-0.2, 0) is 6.42 Å². The topological polar surface area (TPSA) is 52.9 Å². The van der Waals surface area contributed by atoms with Gasteiger partial charge < -0.3 is 19.8 Å². The highest BCUT2D eigenvalue weighted by molar-refractivity contribution is 7.38. The van der Waals surface area contributed by atoms with Crippen LogP contribution in [0.2, 0.25) is 0 Å². The molecule has 0 aliphatic heterocycles. The second kappa shape index (κ2) is 10.9. The number of fused-ring (bicyclic) bond motifs is 3. The molecule has 6 aromatic rings. The number of hydrogen-bond acceptors (Lipinski definition) is 7. The minimum Gasteiger partial charge on any atom is -0.491 e. The summed E-state index contributed by atoms with van der Waals surface area (Å²) in [5.74, 6) is 0.726. The zero-order valence-electron chi connectivity index (χ0n) is 20.9. The molecule has 0 aliphatic rings. The molecule has 3 aromatic carbocycles. The minimum atomic E-state index is -0.0138. The number of aliphatic hydroxyl groups is 2. The SMILES string of the molecule is Cc1cc2sc3c(-c4ccc(N(c5ccc(CCO)cc5)c5ccc(OCCO)cc5)cc4)csc3c2s1. The van der Waals surface area contributed by atoms with Crippen LogP contribution in [0, 0.1) is 6.92 Å². The molecule has 38 heavy (non-hydrogen) atoms. The summed E-state index contributed by atoms with van der Waals surface area (Å²) in [6, 6.07) is 27.3. The van der Waals surface area contributed by atoms with Crippen molar-refractivity contribution < 1.29 is 14.9 Å². The van der Waals surface area contributed by atoms with Crippen molar-refractivity contribution in [2.24, 2.45) is 0 Å². The van der Waals surface area contributed by atoms with Gasteiger partial charge in [-0.2, -0.15) is 0 Å². The zero-order valence-corrected chi connectivity index (χ0v) is 23.3. The minimum absolute atomic E-state index is 0.0138. The number of aliphatic hydroxyl groups excluding tert-OH is 2. The van der Waals surface area contributed by atoms with E-state index in [1.54, 1.807) is 0 Å². The van der Waals surface area contributed by atoms with Crippen molar-refractivity contribution in [3.05, 3.63) is 94.7 Å². The second-order valence-electron chi connectivity index (χ2n) is 9.05. The number of anilines is 3. The molecule has 0 saturated heterocycles. The van der Waals surface area contributed by atoms with Crippen LogP contribution in [0.4, 0.5) is 17.1 Å². The molecule has 0 bridgehead atoms. The number of benzene rings is 3. The lowest BCUT2D eigenvalue weighted by atomic mass is 10.1. The van der Waals surface area contributed by atoms with Gasteiger partial charge in [0.05, 0.1) is 20.7 Å². The molecule has 192 valence electrons. The highest BCUT2D eigenvalue weighted by Gasteiger charge is 2.17. The Kier molecular flexibility index (Phi) is 7.19. The summed E-state index contributed by atoms with van der Waals surface area (Å²) in [7, 11) is 0. The Hall–Kier alpha value is -3.20. The van der Waals surface area contributed by atoms with E-state index in [0.29, 0.717) is 6.42 Å². The van der Waals surface area contributed by atoms with Gasteiger partial charge in [-0.3, -0.25) is 0 Å². The second-order valence-corrected chi connectivity index (χ2v) is 12.2. The molecule has 0 aliphatic carbocycles. The lowest BCUT2D eigenvalue weighted by Gasteiger charge is -2.26. The molecule has 3 heterocycles. The first-order valence-electron chi connectivity index (χ1n) is 12.5. The van der Waals surface area contributed by atoms with Gasteiger partial charge >= 0.3 is 0 Å². The first kappa shape index (κ1) is 25.1. The highest BCUT2D eigenvalue weighted by Crippen LogP contribution is 2.47. The summed E-state index contributed by atoms with van der Waals surface area (Å²) in [5.41, 5.74) is 6.73. The first-order valence-corrected chi connectivity index (χ1v) is 15.0. The van der Waals surface area contributed by atoms with E-state index in [4.69, 9.17) is 9.84 Å². The number of rotatable bonds is 9. The van der Waals surface area contributed by atoms with E-state index >= 15 is 0 Å². The fourth-order valence-corrected chi connectivity index (χ4v) is 8.65. The lowest BCUT2D eigenvalue weighted by molar-refractivity contribution is 0.201. The van der Waals surface area contributed by atoms with E-state index in [-0.39, 0.29) is 19.8 Å². The standard InChI is InChI=1S/C31H27NO3S3/c1-20-18-28-30(37-20)31-29(38-28)27(19-36-31)22-4-8-24(9-5-22)32(23-6-2-21(3-7-23)14-15-33)25-10-12-26(13-11-25)35-17-16-34/h2-13,18-19,33-34H,14-17H2,1H3. The molecule has 0 unspecified atom stereocenters. The van der Waals surface area contributed by atoms with E-state index in [0.717, 1.165) is 28.4 Å². The number of ether oxygens (including phenoxy) is 1. The number of hydrogen-bond donors (Lipinski definition) is 2. The third-order valence-corrected chi connectivity index (χ3v) is 10.1. The van der Waals surface area contributed by atoms with E-state index < -0.39 is 0 Å². The number of aryl methyl sites for hydroxylation is 1. The molecule has 0 amide bonds. The summed E-state index contributed by atoms with van der Waals surface area (Å²) < 4.78 is 11.1. The van der Waals surface area contributed by atoms with E-state index in [1.807, 2.05) is 58.3 Å². The van der Waals surface area contributed by atoms with Gasteiger partial charge in [-0.25, -0.2) is 0 Å². The van der Waals surface area contributed by atoms with Gasteiger partial charge in [0.2, 0.25) is 0 Å². The largest absolute Gasteiger partial charge is 0.491 e. The van der Waals surface area contributed by atoms with Crippen LogP contribution in [0.25, 0.3) is 29.9 Å². The Bertz CT molecular complexity index is 1660. The zero-order chi connectivity index (χ0) is 26.1. The predicted molar refractivity (Wildman–Crippen MR) is 163 cm³/mol. The van der Waals surface area contributed by atoms with Crippen LogP contribution in [0.1, 0.15) is 10.4 Å². The molecular formula is C31H27NO3S3. The van der Waals surface area contributed by atoms with E-state index in [2.05, 4.69) is 71.8 Å². The predicted octanol–water partition coefficient (Wildman–Crippen LogP) is 8.53. The summed E-state index contributed by atoms with van der Waals surface area (Å²) >= 11 is 5.62. The molecule has 7 heteroatoms. The van der Waals surface area contributed by atoms with Crippen molar-refractivity contribution in [3.8, 4) is 16.9 Å². The van der Waals surface area contributed by atoms with Gasteiger partial charge in [-0.15, -0.1) is 34.0 Å². The van der Waals surface area contributed by atoms with Crippen molar-refractivity contribution in [2.75, 3.05) is 24.7 Å². The fourth-order valence-electron chi connectivity index (χ4n) is 4.67. The van der Waals surface area contributed by atoms with Crippen molar-refractivity contribution in [3.63, 3.8) is 0 Å². The Balaban J connectivity index is 1.36. The maximum absolute atomic E-state index is 9.32. The molecule has 0 radical (unpaired) electrons. The molecule has 4 nitrogen and oxygen atoms in total. The molecule has 6 rings (SSSR count). The normalized spacial score (nSPS) is 11.4. The Morgan fingerprint density at radius 3 is 2.05 bits per heavy atom. The van der Waals surface area contributed by atoms with Crippen molar-refractivity contribution in [1.82, 2.24) is 0 Å². The average molecular weight is 558 g/mol. The molecule has 0 spiro atoms. The summed E-state index contributed by atoms with van der Waals surface area (Å²) in [4.78, 5) is 3.58. The van der Waals surface area contributed by atoms with Crippen LogP contribution in [0.5, 0.6) is 5.75 Å². The number of nitrogens with zero attached hydrogens (tertiary/aromatic N) is 1. The van der Waals surface area contributed by atoms with Gasteiger partial charge in [-0.05, 0) is 79.1 Å². The molecule has 2 N–H and O–H groups in total. The first-order chi connectivity index (χ1) is 18.6. The molecular weight excluding hydrogens is 531 g/mol. The third-order valence-electron chi connectivity index (χ3n) is 6.47. The molecule has 0 fully saturated rings. The van der Waals surface area contributed by atoms with Crippen molar-refractivity contribution in [1.29, 1.82) is 0 Å². The van der Waals surface area contributed by atoms with E-state index in [1.165, 1.54) is 34.8 Å². The van der Waals surface area contributed by atoms with Crippen molar-refractivity contribution in [2.45, 2.75) is 13.3 Å². The van der Waals surface area contributed by atoms with Gasteiger partial charge in [0.15, 0.2) is 0 Å². The summed E-state index contributed by atoms with van der Waals surface area (Å²) in [6.45, 7) is 2.57. The smallest absolute Gasteiger partial charge is 0.119 e. The van der Waals surface area contributed by atoms with Gasteiger partial charge in [0, 0.05) is 44.2 Å². The molecule has 3 aromatic heterocycles. The molecule has 0 saturated carbocycles.